The molecule has 0 aliphatic heterocycles. The Kier molecular flexibility index (Phi) is 5.01. The van der Waals surface area contributed by atoms with Crippen molar-refractivity contribution in [2.75, 3.05) is 0 Å². The molecule has 2 aromatic rings. The lowest BCUT2D eigenvalue weighted by molar-refractivity contribution is 1.16. The van der Waals surface area contributed by atoms with Crippen LogP contribution in [0, 0.1) is 25.2 Å². The highest BCUT2D eigenvalue weighted by atomic mass is 14.7. The van der Waals surface area contributed by atoms with E-state index < -0.39 is 0 Å². The van der Waals surface area contributed by atoms with Crippen molar-refractivity contribution in [2.45, 2.75) is 27.7 Å². The normalized spacial score (nSPS) is 9.06. The summed E-state index contributed by atoms with van der Waals surface area (Å²) in [5.74, 6) is 0. The van der Waals surface area contributed by atoms with E-state index in [1.807, 2.05) is 52.0 Å². The van der Waals surface area contributed by atoms with Gasteiger partial charge in [-0.15, -0.1) is 0 Å². The average Bonchev–Trinajstić information content (AvgIpc) is 2.42. The van der Waals surface area contributed by atoms with Gasteiger partial charge in [-0.1, -0.05) is 19.9 Å². The van der Waals surface area contributed by atoms with Gasteiger partial charge >= 0.3 is 0 Å². The quantitative estimate of drug-likeness (QED) is 0.763. The third-order valence-electron chi connectivity index (χ3n) is 2.33. The number of aromatic nitrogens is 2. The molecular weight excluding hydrogens is 222 g/mol. The second-order valence-electron chi connectivity index (χ2n) is 3.68. The Bertz CT molecular complexity index is 551. The molecule has 0 unspecified atom stereocenters. The number of nitriles is 1. The van der Waals surface area contributed by atoms with Crippen LogP contribution in [-0.2, 0) is 0 Å². The van der Waals surface area contributed by atoms with E-state index in [9.17, 15) is 0 Å². The zero-order valence-corrected chi connectivity index (χ0v) is 11.2. The highest BCUT2D eigenvalue weighted by Gasteiger charge is 2.07. The summed E-state index contributed by atoms with van der Waals surface area (Å²) in [6.45, 7) is 7.85. The Hall–Kier alpha value is -2.21. The number of rotatable bonds is 1. The van der Waals surface area contributed by atoms with Gasteiger partial charge in [0.05, 0.1) is 5.69 Å². The van der Waals surface area contributed by atoms with Crippen molar-refractivity contribution >= 4 is 0 Å². The maximum absolute atomic E-state index is 9.02. The van der Waals surface area contributed by atoms with Gasteiger partial charge < -0.3 is 0 Å². The van der Waals surface area contributed by atoms with Crippen molar-refractivity contribution in [3.63, 3.8) is 0 Å². The third-order valence-corrected chi connectivity index (χ3v) is 2.33. The molecule has 18 heavy (non-hydrogen) atoms. The number of hydrogen-bond donors (Lipinski definition) is 0. The molecule has 0 bridgehead atoms. The van der Waals surface area contributed by atoms with Crippen molar-refractivity contribution in [1.29, 1.82) is 5.26 Å². The molecule has 92 valence electrons. The standard InChI is InChI=1S/C13H11N3.C2H6/c1-9-3-6-12(15-8-9)11-5-4-10(2)16-13(11)7-14;1-2/h3-6,8H,1-2H3;1-2H3. The first-order valence-electron chi connectivity index (χ1n) is 6.01. The van der Waals surface area contributed by atoms with Gasteiger partial charge in [-0.05, 0) is 37.6 Å². The first kappa shape index (κ1) is 13.9. The molecule has 0 aliphatic carbocycles. The number of nitrogens with zero attached hydrogens (tertiary/aromatic N) is 3. The van der Waals surface area contributed by atoms with Gasteiger partial charge in [0.15, 0.2) is 0 Å². The molecule has 0 spiro atoms. The van der Waals surface area contributed by atoms with Gasteiger partial charge in [-0.2, -0.15) is 5.26 Å². The van der Waals surface area contributed by atoms with Crippen LogP contribution in [0.1, 0.15) is 30.8 Å². The van der Waals surface area contributed by atoms with Gasteiger partial charge in [0.25, 0.3) is 0 Å². The summed E-state index contributed by atoms with van der Waals surface area (Å²) in [7, 11) is 0. The molecule has 0 saturated heterocycles. The second kappa shape index (κ2) is 6.51. The molecule has 0 atom stereocenters. The van der Waals surface area contributed by atoms with Crippen molar-refractivity contribution in [3.05, 3.63) is 47.4 Å². The van der Waals surface area contributed by atoms with Crippen LogP contribution in [0.2, 0.25) is 0 Å². The molecular formula is C15H17N3. The highest BCUT2D eigenvalue weighted by molar-refractivity contribution is 5.65. The molecule has 2 heterocycles. The van der Waals surface area contributed by atoms with E-state index in [1.165, 1.54) is 0 Å². The third kappa shape index (κ3) is 3.14. The zero-order valence-electron chi connectivity index (χ0n) is 11.2. The summed E-state index contributed by atoms with van der Waals surface area (Å²) in [4.78, 5) is 8.49. The van der Waals surface area contributed by atoms with Crippen molar-refractivity contribution < 1.29 is 0 Å². The van der Waals surface area contributed by atoms with E-state index in [0.717, 1.165) is 22.5 Å². The van der Waals surface area contributed by atoms with E-state index in [0.29, 0.717) is 5.69 Å². The highest BCUT2D eigenvalue weighted by Crippen LogP contribution is 2.20. The summed E-state index contributed by atoms with van der Waals surface area (Å²) < 4.78 is 0. The fraction of sp³-hybridized carbons (Fsp3) is 0.267. The van der Waals surface area contributed by atoms with Crippen molar-refractivity contribution in [2.24, 2.45) is 0 Å². The number of hydrogen-bond acceptors (Lipinski definition) is 3. The van der Waals surface area contributed by atoms with E-state index in [1.54, 1.807) is 6.20 Å². The maximum atomic E-state index is 9.02. The Labute approximate surface area is 108 Å². The Morgan fingerprint density at radius 1 is 1.06 bits per heavy atom. The minimum atomic E-state index is 0.427. The lowest BCUT2D eigenvalue weighted by Gasteiger charge is -2.03. The first-order chi connectivity index (χ1) is 8.70. The molecule has 0 amide bonds. The van der Waals surface area contributed by atoms with Crippen LogP contribution in [0.5, 0.6) is 0 Å². The lowest BCUT2D eigenvalue weighted by atomic mass is 10.1. The topological polar surface area (TPSA) is 49.6 Å². The SMILES string of the molecule is CC.Cc1ccc(-c2ccc(C)nc2C#N)nc1. The van der Waals surface area contributed by atoms with Gasteiger partial charge in [-0.3, -0.25) is 4.98 Å². The minimum Gasteiger partial charge on any atom is -0.256 e. The van der Waals surface area contributed by atoms with Crippen LogP contribution in [0.4, 0.5) is 0 Å². The Balaban J connectivity index is 0.000000771. The largest absolute Gasteiger partial charge is 0.256 e. The van der Waals surface area contributed by atoms with E-state index in [2.05, 4.69) is 16.0 Å². The van der Waals surface area contributed by atoms with Gasteiger partial charge in [-0.25, -0.2) is 4.98 Å². The first-order valence-corrected chi connectivity index (χ1v) is 6.01. The predicted octanol–water partition coefficient (Wildman–Crippen LogP) is 3.66. The van der Waals surface area contributed by atoms with Crippen molar-refractivity contribution in [3.8, 4) is 17.3 Å². The fourth-order valence-corrected chi connectivity index (χ4v) is 1.48. The van der Waals surface area contributed by atoms with E-state index >= 15 is 0 Å². The Morgan fingerprint density at radius 3 is 2.33 bits per heavy atom. The number of aryl methyl sites for hydroxylation is 2. The summed E-state index contributed by atoms with van der Waals surface area (Å²) >= 11 is 0. The van der Waals surface area contributed by atoms with Crippen LogP contribution in [0.3, 0.4) is 0 Å². The summed E-state index contributed by atoms with van der Waals surface area (Å²) in [5.41, 5.74) is 3.94. The van der Waals surface area contributed by atoms with Gasteiger partial charge in [0.1, 0.15) is 11.8 Å². The van der Waals surface area contributed by atoms with Crippen LogP contribution >= 0.6 is 0 Å². The molecule has 0 saturated carbocycles. The molecule has 3 heteroatoms. The molecule has 0 fully saturated rings. The minimum absolute atomic E-state index is 0.427. The summed E-state index contributed by atoms with van der Waals surface area (Å²) in [5, 5.41) is 9.02. The second-order valence-corrected chi connectivity index (χ2v) is 3.68. The smallest absolute Gasteiger partial charge is 0.150 e. The molecule has 2 rings (SSSR count). The van der Waals surface area contributed by atoms with Gasteiger partial charge in [0.2, 0.25) is 0 Å². The predicted molar refractivity (Wildman–Crippen MR) is 73.0 cm³/mol. The maximum Gasteiger partial charge on any atom is 0.150 e. The molecule has 0 N–H and O–H groups in total. The molecule has 2 aromatic heterocycles. The van der Waals surface area contributed by atoms with E-state index in [4.69, 9.17) is 5.26 Å². The summed E-state index contributed by atoms with van der Waals surface area (Å²) in [6, 6.07) is 9.75. The summed E-state index contributed by atoms with van der Waals surface area (Å²) in [6.07, 6.45) is 1.79. The fourth-order valence-electron chi connectivity index (χ4n) is 1.48. The molecule has 0 aliphatic rings. The van der Waals surface area contributed by atoms with E-state index in [-0.39, 0.29) is 0 Å². The van der Waals surface area contributed by atoms with Crippen molar-refractivity contribution in [1.82, 2.24) is 9.97 Å². The van der Waals surface area contributed by atoms with Crippen LogP contribution in [-0.4, -0.2) is 9.97 Å². The number of pyridine rings is 2. The van der Waals surface area contributed by atoms with Crippen LogP contribution < -0.4 is 0 Å². The Morgan fingerprint density at radius 2 is 1.78 bits per heavy atom. The molecule has 0 radical (unpaired) electrons. The monoisotopic (exact) mass is 239 g/mol. The molecule has 0 aromatic carbocycles. The lowest BCUT2D eigenvalue weighted by Crippen LogP contribution is -1.93. The van der Waals surface area contributed by atoms with Gasteiger partial charge in [0, 0.05) is 17.5 Å². The molecule has 3 nitrogen and oxygen atoms in total. The zero-order chi connectivity index (χ0) is 13.5. The van der Waals surface area contributed by atoms with Crippen LogP contribution in [0.15, 0.2) is 30.5 Å². The average molecular weight is 239 g/mol. The van der Waals surface area contributed by atoms with Crippen LogP contribution in [0.25, 0.3) is 11.3 Å².